The Morgan fingerprint density at radius 1 is 1.05 bits per heavy atom. The number of aromatic nitrogens is 2. The van der Waals surface area contributed by atoms with Gasteiger partial charge in [-0.1, -0.05) is 12.1 Å². The number of aryl methyl sites for hydroxylation is 2. The molecule has 0 spiro atoms. The van der Waals surface area contributed by atoms with E-state index in [4.69, 9.17) is 0 Å². The molecule has 3 aromatic rings. The van der Waals surface area contributed by atoms with Gasteiger partial charge in [-0.15, -0.1) is 0 Å². The molecule has 0 saturated heterocycles. The lowest BCUT2D eigenvalue weighted by Gasteiger charge is -2.21. The Morgan fingerprint density at radius 2 is 1.82 bits per heavy atom. The largest absolute Gasteiger partial charge is 0.329 e. The van der Waals surface area contributed by atoms with Crippen LogP contribution in [0.4, 0.5) is 11.5 Å². The van der Waals surface area contributed by atoms with Crippen molar-refractivity contribution in [3.63, 3.8) is 0 Å². The number of halogens is 1. The zero-order valence-corrected chi connectivity index (χ0v) is 15.3. The molecule has 1 aromatic heterocycles. The van der Waals surface area contributed by atoms with E-state index in [0.29, 0.717) is 0 Å². The van der Waals surface area contributed by atoms with Crippen molar-refractivity contribution >= 4 is 45.0 Å². The molecule has 0 atom stereocenters. The fourth-order valence-corrected chi connectivity index (χ4v) is 3.54. The minimum atomic E-state index is 0.947. The van der Waals surface area contributed by atoms with Gasteiger partial charge in [0, 0.05) is 16.3 Å². The molecular formula is C18H18IN3. The van der Waals surface area contributed by atoms with Crippen molar-refractivity contribution in [1.82, 2.24) is 9.97 Å². The number of hydrogen-bond acceptors (Lipinski definition) is 3. The van der Waals surface area contributed by atoms with Crippen LogP contribution in [0.3, 0.4) is 0 Å². The van der Waals surface area contributed by atoms with Gasteiger partial charge in [-0.3, -0.25) is 0 Å². The Morgan fingerprint density at radius 3 is 2.55 bits per heavy atom. The molecule has 0 aliphatic carbocycles. The van der Waals surface area contributed by atoms with Gasteiger partial charge in [0.05, 0.1) is 10.9 Å². The molecule has 112 valence electrons. The molecule has 3 rings (SSSR count). The summed E-state index contributed by atoms with van der Waals surface area (Å²) in [6.07, 6.45) is 1.65. The van der Waals surface area contributed by atoms with Crippen LogP contribution in [0.2, 0.25) is 0 Å². The van der Waals surface area contributed by atoms with Crippen molar-refractivity contribution in [1.29, 1.82) is 0 Å². The van der Waals surface area contributed by atoms with E-state index in [-0.39, 0.29) is 0 Å². The van der Waals surface area contributed by atoms with Crippen LogP contribution in [0.15, 0.2) is 36.7 Å². The van der Waals surface area contributed by atoms with E-state index in [1.807, 2.05) is 0 Å². The van der Waals surface area contributed by atoms with Crippen LogP contribution in [0.5, 0.6) is 0 Å². The molecule has 0 aliphatic heterocycles. The Kier molecular flexibility index (Phi) is 4.04. The second-order valence-electron chi connectivity index (χ2n) is 5.62. The van der Waals surface area contributed by atoms with Gasteiger partial charge in [-0.05, 0) is 78.3 Å². The normalized spacial score (nSPS) is 11.0. The quantitative estimate of drug-likeness (QED) is 0.569. The van der Waals surface area contributed by atoms with Gasteiger partial charge >= 0.3 is 0 Å². The summed E-state index contributed by atoms with van der Waals surface area (Å²) in [7, 11) is 2.06. The van der Waals surface area contributed by atoms with Crippen LogP contribution in [-0.2, 0) is 0 Å². The summed E-state index contributed by atoms with van der Waals surface area (Å²) in [6, 6.07) is 10.6. The highest BCUT2D eigenvalue weighted by atomic mass is 127. The number of hydrogen-bond donors (Lipinski definition) is 0. The first kappa shape index (κ1) is 15.2. The molecule has 1 heterocycles. The third kappa shape index (κ3) is 2.56. The van der Waals surface area contributed by atoms with Gasteiger partial charge < -0.3 is 4.90 Å². The SMILES string of the molecule is Cc1cccc(N(C)c2ncnc3cc(C)c(C)c(I)c23)c1. The van der Waals surface area contributed by atoms with Crippen LogP contribution in [-0.4, -0.2) is 17.0 Å². The summed E-state index contributed by atoms with van der Waals surface area (Å²) in [6.45, 7) is 6.38. The molecule has 0 unspecified atom stereocenters. The van der Waals surface area contributed by atoms with Gasteiger partial charge in [0.1, 0.15) is 12.1 Å². The lowest BCUT2D eigenvalue weighted by molar-refractivity contribution is 1.10. The number of fused-ring (bicyclic) bond motifs is 1. The smallest absolute Gasteiger partial charge is 0.145 e. The average molecular weight is 403 g/mol. The zero-order valence-electron chi connectivity index (χ0n) is 13.2. The number of nitrogens with zero attached hydrogens (tertiary/aromatic N) is 3. The van der Waals surface area contributed by atoms with Crippen LogP contribution < -0.4 is 4.90 Å². The maximum absolute atomic E-state index is 4.55. The van der Waals surface area contributed by atoms with E-state index in [1.54, 1.807) is 6.33 Å². The standard InChI is InChI=1S/C18H18IN3/c1-11-6-5-7-14(8-11)22(4)18-16-15(20-10-21-18)9-12(2)13(3)17(16)19/h5-10H,1-4H3. The molecule has 3 nitrogen and oxygen atoms in total. The highest BCUT2D eigenvalue weighted by molar-refractivity contribution is 14.1. The highest BCUT2D eigenvalue weighted by Crippen LogP contribution is 2.34. The summed E-state index contributed by atoms with van der Waals surface area (Å²) in [4.78, 5) is 11.1. The van der Waals surface area contributed by atoms with Crippen LogP contribution in [0.1, 0.15) is 16.7 Å². The van der Waals surface area contributed by atoms with Gasteiger partial charge in [-0.25, -0.2) is 9.97 Å². The van der Waals surface area contributed by atoms with E-state index in [2.05, 4.69) is 95.6 Å². The van der Waals surface area contributed by atoms with E-state index >= 15 is 0 Å². The Balaban J connectivity index is 2.25. The maximum Gasteiger partial charge on any atom is 0.145 e. The molecule has 0 aliphatic rings. The van der Waals surface area contributed by atoms with E-state index in [0.717, 1.165) is 22.4 Å². The first-order valence-corrected chi connectivity index (χ1v) is 8.27. The van der Waals surface area contributed by atoms with E-state index in [9.17, 15) is 0 Å². The minimum absolute atomic E-state index is 0.947. The van der Waals surface area contributed by atoms with Gasteiger partial charge in [-0.2, -0.15) is 0 Å². The van der Waals surface area contributed by atoms with Crippen molar-refractivity contribution in [2.24, 2.45) is 0 Å². The third-order valence-electron chi connectivity index (χ3n) is 4.06. The van der Waals surface area contributed by atoms with Crippen LogP contribution >= 0.6 is 22.6 Å². The van der Waals surface area contributed by atoms with Crippen molar-refractivity contribution in [2.75, 3.05) is 11.9 Å². The predicted octanol–water partition coefficient (Wildman–Crippen LogP) is 4.93. The van der Waals surface area contributed by atoms with Crippen molar-refractivity contribution in [2.45, 2.75) is 20.8 Å². The Labute approximate surface area is 144 Å². The second-order valence-corrected chi connectivity index (χ2v) is 6.70. The Bertz CT molecular complexity index is 858. The molecule has 22 heavy (non-hydrogen) atoms. The molecule has 4 heteroatoms. The monoisotopic (exact) mass is 403 g/mol. The summed E-state index contributed by atoms with van der Waals surface area (Å²) in [5.74, 6) is 0.947. The molecule has 0 saturated carbocycles. The number of benzene rings is 2. The van der Waals surface area contributed by atoms with Crippen molar-refractivity contribution in [3.05, 3.63) is 56.9 Å². The molecule has 2 aromatic carbocycles. The fraction of sp³-hybridized carbons (Fsp3) is 0.222. The zero-order chi connectivity index (χ0) is 15.9. The molecule has 0 amide bonds. The average Bonchev–Trinajstić information content (AvgIpc) is 2.51. The molecular weight excluding hydrogens is 385 g/mol. The van der Waals surface area contributed by atoms with E-state index < -0.39 is 0 Å². The first-order chi connectivity index (χ1) is 10.5. The molecule has 0 fully saturated rings. The summed E-state index contributed by atoms with van der Waals surface area (Å²) < 4.78 is 1.22. The molecule has 0 N–H and O–H groups in total. The summed E-state index contributed by atoms with van der Waals surface area (Å²) in [5, 5.41) is 1.12. The molecule has 0 radical (unpaired) electrons. The van der Waals surface area contributed by atoms with Gasteiger partial charge in [0.25, 0.3) is 0 Å². The van der Waals surface area contributed by atoms with Crippen molar-refractivity contribution < 1.29 is 0 Å². The Hall–Kier alpha value is -1.69. The minimum Gasteiger partial charge on any atom is -0.329 e. The maximum atomic E-state index is 4.55. The lowest BCUT2D eigenvalue weighted by atomic mass is 10.1. The first-order valence-electron chi connectivity index (χ1n) is 7.20. The third-order valence-corrected chi connectivity index (χ3v) is 5.41. The highest BCUT2D eigenvalue weighted by Gasteiger charge is 2.15. The van der Waals surface area contributed by atoms with Crippen LogP contribution in [0.25, 0.3) is 10.9 Å². The van der Waals surface area contributed by atoms with Gasteiger partial charge in [0.15, 0.2) is 0 Å². The number of rotatable bonds is 2. The van der Waals surface area contributed by atoms with Gasteiger partial charge in [0.2, 0.25) is 0 Å². The van der Waals surface area contributed by atoms with E-state index in [1.165, 1.54) is 20.3 Å². The topological polar surface area (TPSA) is 29.0 Å². The lowest BCUT2D eigenvalue weighted by Crippen LogP contribution is -2.13. The van der Waals surface area contributed by atoms with Crippen LogP contribution in [0, 0.1) is 24.3 Å². The predicted molar refractivity (Wildman–Crippen MR) is 101 cm³/mol. The second kappa shape index (κ2) is 5.83. The summed E-state index contributed by atoms with van der Waals surface area (Å²) in [5.41, 5.74) is 5.93. The van der Waals surface area contributed by atoms with Crippen molar-refractivity contribution in [3.8, 4) is 0 Å². The number of anilines is 2. The summed E-state index contributed by atoms with van der Waals surface area (Å²) >= 11 is 2.41. The molecule has 0 bridgehead atoms. The fourth-order valence-electron chi connectivity index (χ4n) is 2.60.